The third kappa shape index (κ3) is 3.31. The number of aromatic hydroxyl groups is 1. The van der Waals surface area contributed by atoms with E-state index in [0.717, 1.165) is 31.0 Å². The van der Waals surface area contributed by atoms with Crippen LogP contribution in [0.4, 0.5) is 5.69 Å². The van der Waals surface area contributed by atoms with Crippen molar-refractivity contribution in [2.24, 2.45) is 5.92 Å². The van der Waals surface area contributed by atoms with Crippen LogP contribution >= 0.6 is 0 Å². The largest absolute Gasteiger partial charge is 0.502 e. The van der Waals surface area contributed by atoms with Gasteiger partial charge in [0, 0.05) is 18.7 Å². The minimum Gasteiger partial charge on any atom is -0.502 e. The molecule has 0 amide bonds. The van der Waals surface area contributed by atoms with Crippen LogP contribution in [0.5, 0.6) is 5.75 Å². The summed E-state index contributed by atoms with van der Waals surface area (Å²) in [6.45, 7) is -0.108. The van der Waals surface area contributed by atoms with Gasteiger partial charge in [0.2, 0.25) is 10.0 Å². The molecule has 1 aliphatic rings. The normalized spacial score (nSPS) is 22.3. The molecule has 1 saturated carbocycles. The van der Waals surface area contributed by atoms with Crippen LogP contribution in [0, 0.1) is 16.0 Å². The van der Waals surface area contributed by atoms with Crippen LogP contribution in [0.25, 0.3) is 0 Å². The van der Waals surface area contributed by atoms with Crippen LogP contribution in [0.15, 0.2) is 23.1 Å². The number of phenols is 1. The van der Waals surface area contributed by atoms with Gasteiger partial charge in [0.1, 0.15) is 0 Å². The zero-order chi connectivity index (χ0) is 15.6. The molecule has 3 N–H and O–H groups in total. The van der Waals surface area contributed by atoms with Crippen molar-refractivity contribution >= 4 is 15.7 Å². The summed E-state index contributed by atoms with van der Waals surface area (Å²) in [7, 11) is -3.94. The van der Waals surface area contributed by atoms with Crippen LogP contribution in [0.3, 0.4) is 0 Å². The Labute approximate surface area is 121 Å². The number of nitro benzene ring substituents is 1. The molecule has 2 unspecified atom stereocenters. The van der Waals surface area contributed by atoms with E-state index in [4.69, 9.17) is 0 Å². The van der Waals surface area contributed by atoms with Crippen molar-refractivity contribution < 1.29 is 23.6 Å². The first-order valence-corrected chi connectivity index (χ1v) is 7.94. The molecule has 1 fully saturated rings. The van der Waals surface area contributed by atoms with E-state index < -0.39 is 26.4 Å². The molecule has 0 spiro atoms. The third-order valence-electron chi connectivity index (χ3n) is 3.65. The van der Waals surface area contributed by atoms with E-state index >= 15 is 0 Å². The van der Waals surface area contributed by atoms with Crippen LogP contribution in [-0.4, -0.2) is 36.2 Å². The second-order valence-corrected chi connectivity index (χ2v) is 6.72. The van der Waals surface area contributed by atoms with E-state index in [1.807, 2.05) is 0 Å². The molecule has 0 aromatic heterocycles. The summed E-state index contributed by atoms with van der Waals surface area (Å²) >= 11 is 0. The lowest BCUT2D eigenvalue weighted by molar-refractivity contribution is -0.386. The Hall–Kier alpha value is -1.71. The number of sulfonamides is 1. The zero-order valence-corrected chi connectivity index (χ0v) is 11.9. The van der Waals surface area contributed by atoms with E-state index in [2.05, 4.69) is 4.72 Å². The first-order valence-electron chi connectivity index (χ1n) is 6.45. The molecule has 9 heteroatoms. The highest BCUT2D eigenvalue weighted by Gasteiger charge is 2.31. The number of benzene rings is 1. The standard InChI is InChI=1S/C12H16N2O6S/c15-7-8-2-1-3-10(8)13-21(19,20)9-4-5-12(16)11(6-9)14(17)18/h4-6,8,10,13,15-16H,1-3,7H2. The maximum Gasteiger partial charge on any atom is 0.312 e. The lowest BCUT2D eigenvalue weighted by Crippen LogP contribution is -2.38. The Balaban J connectivity index is 2.27. The van der Waals surface area contributed by atoms with E-state index in [9.17, 15) is 28.7 Å². The zero-order valence-electron chi connectivity index (χ0n) is 11.1. The van der Waals surface area contributed by atoms with Crippen molar-refractivity contribution in [3.63, 3.8) is 0 Å². The molecule has 0 radical (unpaired) electrons. The summed E-state index contributed by atoms with van der Waals surface area (Å²) < 4.78 is 26.9. The first kappa shape index (κ1) is 15.7. The topological polar surface area (TPSA) is 130 Å². The molecule has 21 heavy (non-hydrogen) atoms. The summed E-state index contributed by atoms with van der Waals surface area (Å²) in [6, 6.07) is 2.52. The van der Waals surface area contributed by atoms with Gasteiger partial charge in [-0.1, -0.05) is 6.42 Å². The quantitative estimate of drug-likeness (QED) is 0.542. The predicted octanol–water partition coefficient (Wildman–Crippen LogP) is 0.740. The molecule has 8 nitrogen and oxygen atoms in total. The molecule has 2 rings (SSSR count). The number of aliphatic hydroxyl groups excluding tert-OH is 1. The second-order valence-electron chi connectivity index (χ2n) is 5.01. The number of hydrogen-bond donors (Lipinski definition) is 3. The first-order chi connectivity index (χ1) is 9.85. The minimum absolute atomic E-state index is 0.108. The van der Waals surface area contributed by atoms with E-state index in [-0.39, 0.29) is 23.5 Å². The van der Waals surface area contributed by atoms with Gasteiger partial charge in [-0.15, -0.1) is 0 Å². The number of nitro groups is 1. The van der Waals surface area contributed by atoms with Gasteiger partial charge in [0.05, 0.1) is 9.82 Å². The number of rotatable bonds is 5. The second kappa shape index (κ2) is 5.96. The monoisotopic (exact) mass is 316 g/mol. The average Bonchev–Trinajstić information content (AvgIpc) is 2.85. The molecule has 2 atom stereocenters. The fraction of sp³-hybridized carbons (Fsp3) is 0.500. The van der Waals surface area contributed by atoms with Crippen LogP contribution in [0.2, 0.25) is 0 Å². The smallest absolute Gasteiger partial charge is 0.312 e. The number of hydrogen-bond acceptors (Lipinski definition) is 6. The van der Waals surface area contributed by atoms with Crippen LogP contribution in [-0.2, 0) is 10.0 Å². The summed E-state index contributed by atoms with van der Waals surface area (Å²) in [6.07, 6.45) is 2.16. The highest BCUT2D eigenvalue weighted by molar-refractivity contribution is 7.89. The summed E-state index contributed by atoms with van der Waals surface area (Å²) in [5, 5.41) is 29.3. The molecule has 116 valence electrons. The predicted molar refractivity (Wildman–Crippen MR) is 73.3 cm³/mol. The Kier molecular flexibility index (Phi) is 4.45. The SMILES string of the molecule is O=[N+]([O-])c1cc(S(=O)(=O)NC2CCCC2CO)ccc1O. The Morgan fingerprint density at radius 1 is 1.38 bits per heavy atom. The molecule has 0 aliphatic heterocycles. The van der Waals surface area contributed by atoms with Crippen molar-refractivity contribution in [1.82, 2.24) is 4.72 Å². The van der Waals surface area contributed by atoms with Crippen molar-refractivity contribution in [3.8, 4) is 5.75 Å². The van der Waals surface area contributed by atoms with Crippen molar-refractivity contribution in [2.75, 3.05) is 6.61 Å². The van der Waals surface area contributed by atoms with E-state index in [0.29, 0.717) is 6.42 Å². The van der Waals surface area contributed by atoms with Crippen LogP contribution in [0.1, 0.15) is 19.3 Å². The third-order valence-corrected chi connectivity index (χ3v) is 5.14. The number of nitrogens with one attached hydrogen (secondary N) is 1. The van der Waals surface area contributed by atoms with Gasteiger partial charge in [-0.05, 0) is 30.9 Å². The molecular formula is C12H16N2O6S. The van der Waals surface area contributed by atoms with Crippen molar-refractivity contribution in [1.29, 1.82) is 0 Å². The fourth-order valence-electron chi connectivity index (χ4n) is 2.49. The van der Waals surface area contributed by atoms with Gasteiger partial charge in [-0.3, -0.25) is 10.1 Å². The van der Waals surface area contributed by atoms with E-state index in [1.54, 1.807) is 0 Å². The summed E-state index contributed by atoms with van der Waals surface area (Å²) in [4.78, 5) is 9.61. The number of aliphatic hydroxyl groups is 1. The number of nitrogens with zero attached hydrogens (tertiary/aromatic N) is 1. The molecule has 0 heterocycles. The molecule has 1 aromatic carbocycles. The Bertz CT molecular complexity index is 645. The molecular weight excluding hydrogens is 300 g/mol. The van der Waals surface area contributed by atoms with Gasteiger partial charge in [-0.2, -0.15) is 0 Å². The van der Waals surface area contributed by atoms with Gasteiger partial charge < -0.3 is 10.2 Å². The molecule has 1 aromatic rings. The lowest BCUT2D eigenvalue weighted by atomic mass is 10.1. The fourth-order valence-corrected chi connectivity index (χ4v) is 3.85. The van der Waals surface area contributed by atoms with Crippen molar-refractivity contribution in [3.05, 3.63) is 28.3 Å². The van der Waals surface area contributed by atoms with Gasteiger partial charge in [-0.25, -0.2) is 13.1 Å². The van der Waals surface area contributed by atoms with Crippen LogP contribution < -0.4 is 4.72 Å². The Morgan fingerprint density at radius 3 is 2.71 bits per heavy atom. The highest BCUT2D eigenvalue weighted by Crippen LogP contribution is 2.30. The molecule has 0 saturated heterocycles. The molecule has 0 bridgehead atoms. The maximum atomic E-state index is 12.2. The minimum atomic E-state index is -3.94. The van der Waals surface area contributed by atoms with E-state index in [1.165, 1.54) is 0 Å². The Morgan fingerprint density at radius 2 is 2.10 bits per heavy atom. The van der Waals surface area contributed by atoms with Gasteiger partial charge >= 0.3 is 5.69 Å². The van der Waals surface area contributed by atoms with Gasteiger partial charge in [0.15, 0.2) is 5.75 Å². The van der Waals surface area contributed by atoms with Gasteiger partial charge in [0.25, 0.3) is 0 Å². The summed E-state index contributed by atoms with van der Waals surface area (Å²) in [5.74, 6) is -0.736. The average molecular weight is 316 g/mol. The summed E-state index contributed by atoms with van der Waals surface area (Å²) in [5.41, 5.74) is -0.664. The lowest BCUT2D eigenvalue weighted by Gasteiger charge is -2.18. The van der Waals surface area contributed by atoms with Crippen molar-refractivity contribution in [2.45, 2.75) is 30.2 Å². The maximum absolute atomic E-state index is 12.2. The molecule has 1 aliphatic carbocycles. The highest BCUT2D eigenvalue weighted by atomic mass is 32.2. The number of phenolic OH excluding ortho intramolecular Hbond substituents is 1.